The highest BCUT2D eigenvalue weighted by atomic mass is 35.5. The summed E-state index contributed by atoms with van der Waals surface area (Å²) < 4.78 is 2.10. The molecule has 4 rings (SSSR count). The van der Waals surface area contributed by atoms with E-state index in [4.69, 9.17) is 34.8 Å². The fourth-order valence-electron chi connectivity index (χ4n) is 2.65. The molecule has 7 heteroatoms. The molecule has 1 fully saturated rings. The maximum Gasteiger partial charge on any atom is 0.196 e. The number of thioether (sulfide) groups is 1. The molecule has 0 atom stereocenters. The second-order valence-corrected chi connectivity index (χ2v) is 8.11. The van der Waals surface area contributed by atoms with Crippen molar-refractivity contribution in [3.8, 4) is 5.69 Å². The van der Waals surface area contributed by atoms with Gasteiger partial charge in [-0.1, -0.05) is 58.7 Å². The average molecular weight is 411 g/mol. The predicted molar refractivity (Wildman–Crippen MR) is 104 cm³/mol. The van der Waals surface area contributed by atoms with Crippen molar-refractivity contribution in [1.82, 2.24) is 14.8 Å². The number of halogens is 3. The molecule has 0 radical (unpaired) electrons. The maximum absolute atomic E-state index is 6.28. The summed E-state index contributed by atoms with van der Waals surface area (Å²) in [6.45, 7) is 0. The van der Waals surface area contributed by atoms with Gasteiger partial charge in [-0.15, -0.1) is 10.2 Å². The summed E-state index contributed by atoms with van der Waals surface area (Å²) in [6.07, 6.45) is 2.30. The molecule has 0 spiro atoms. The van der Waals surface area contributed by atoms with E-state index in [0.717, 1.165) is 35.1 Å². The molecule has 0 bridgehead atoms. The fraction of sp³-hybridized carbons (Fsp3) is 0.222. The monoisotopic (exact) mass is 409 g/mol. The Hall–Kier alpha value is -1.20. The van der Waals surface area contributed by atoms with Gasteiger partial charge in [0, 0.05) is 26.7 Å². The molecule has 0 saturated heterocycles. The summed E-state index contributed by atoms with van der Waals surface area (Å²) in [6, 6.07) is 13.3. The van der Waals surface area contributed by atoms with Gasteiger partial charge >= 0.3 is 0 Å². The van der Waals surface area contributed by atoms with E-state index in [2.05, 4.69) is 14.8 Å². The highest BCUT2D eigenvalue weighted by Crippen LogP contribution is 2.42. The fourth-order valence-corrected chi connectivity index (χ4v) is 4.53. The van der Waals surface area contributed by atoms with Gasteiger partial charge in [0.25, 0.3) is 0 Å². The Morgan fingerprint density at radius 1 is 1.00 bits per heavy atom. The second kappa shape index (κ2) is 7.20. The first-order valence-electron chi connectivity index (χ1n) is 7.90. The Kier molecular flexibility index (Phi) is 4.96. The van der Waals surface area contributed by atoms with Crippen molar-refractivity contribution in [2.24, 2.45) is 0 Å². The van der Waals surface area contributed by atoms with Crippen molar-refractivity contribution in [2.45, 2.75) is 29.7 Å². The summed E-state index contributed by atoms with van der Waals surface area (Å²) in [7, 11) is 0. The van der Waals surface area contributed by atoms with Crippen LogP contribution in [0.25, 0.3) is 5.69 Å². The quantitative estimate of drug-likeness (QED) is 0.456. The minimum absolute atomic E-state index is 0.477. The molecule has 1 saturated carbocycles. The molecule has 1 heterocycles. The van der Waals surface area contributed by atoms with Crippen molar-refractivity contribution < 1.29 is 0 Å². The lowest BCUT2D eigenvalue weighted by atomic mass is 10.2. The number of hydrogen-bond acceptors (Lipinski definition) is 3. The number of hydrogen-bond donors (Lipinski definition) is 0. The predicted octanol–water partition coefficient (Wildman–Crippen LogP) is 6.40. The van der Waals surface area contributed by atoms with Crippen LogP contribution in [-0.2, 0) is 5.75 Å². The van der Waals surface area contributed by atoms with Gasteiger partial charge in [-0.3, -0.25) is 4.57 Å². The lowest BCUT2D eigenvalue weighted by Crippen LogP contribution is -2.02. The molecule has 1 aromatic heterocycles. The smallest absolute Gasteiger partial charge is 0.196 e. The van der Waals surface area contributed by atoms with Crippen LogP contribution in [0.4, 0.5) is 0 Å². The van der Waals surface area contributed by atoms with Crippen LogP contribution in [0.15, 0.2) is 47.6 Å². The zero-order chi connectivity index (χ0) is 17.4. The first-order chi connectivity index (χ1) is 12.1. The Balaban J connectivity index is 1.68. The van der Waals surface area contributed by atoms with Gasteiger partial charge in [0.1, 0.15) is 5.82 Å². The van der Waals surface area contributed by atoms with Crippen LogP contribution in [0.5, 0.6) is 0 Å². The van der Waals surface area contributed by atoms with E-state index in [1.54, 1.807) is 11.8 Å². The first kappa shape index (κ1) is 17.2. The molecule has 3 aromatic rings. The summed E-state index contributed by atoms with van der Waals surface area (Å²) in [5.74, 6) is 2.10. The third kappa shape index (κ3) is 3.68. The Morgan fingerprint density at radius 3 is 2.40 bits per heavy atom. The summed E-state index contributed by atoms with van der Waals surface area (Å²) in [5.41, 5.74) is 1.89. The van der Waals surface area contributed by atoms with E-state index in [-0.39, 0.29) is 0 Å². The molecule has 2 aromatic carbocycles. The van der Waals surface area contributed by atoms with Crippen molar-refractivity contribution in [3.63, 3.8) is 0 Å². The van der Waals surface area contributed by atoms with Crippen molar-refractivity contribution in [3.05, 3.63) is 68.9 Å². The standard InChI is InChI=1S/C18H14Cl3N3S/c19-12-3-1-4-13(9-12)24-17(11-7-8-11)22-23-18(24)25-10-14-15(20)5-2-6-16(14)21/h1-6,9,11H,7-8,10H2. The van der Waals surface area contributed by atoms with Crippen molar-refractivity contribution >= 4 is 46.6 Å². The molecule has 1 aliphatic rings. The average Bonchev–Trinajstić information content (AvgIpc) is 3.34. The molecule has 25 heavy (non-hydrogen) atoms. The third-order valence-corrected chi connectivity index (χ3v) is 5.97. The molecule has 128 valence electrons. The normalized spacial score (nSPS) is 14.0. The third-order valence-electron chi connectivity index (χ3n) is 4.07. The molecule has 0 amide bonds. The van der Waals surface area contributed by atoms with Crippen molar-refractivity contribution in [1.29, 1.82) is 0 Å². The van der Waals surface area contributed by atoms with E-state index in [1.807, 2.05) is 42.5 Å². The molecule has 1 aliphatic carbocycles. The zero-order valence-electron chi connectivity index (χ0n) is 13.1. The van der Waals surface area contributed by atoms with E-state index in [1.165, 1.54) is 0 Å². The van der Waals surface area contributed by atoms with Crippen LogP contribution in [0.3, 0.4) is 0 Å². The summed E-state index contributed by atoms with van der Waals surface area (Å²) >= 11 is 20.3. The van der Waals surface area contributed by atoms with Gasteiger partial charge in [0.2, 0.25) is 0 Å². The Bertz CT molecular complexity index is 901. The Morgan fingerprint density at radius 2 is 1.72 bits per heavy atom. The van der Waals surface area contributed by atoms with Gasteiger partial charge < -0.3 is 0 Å². The van der Waals surface area contributed by atoms with Gasteiger partial charge in [-0.05, 0) is 48.7 Å². The molecule has 0 N–H and O–H groups in total. The second-order valence-electron chi connectivity index (χ2n) is 5.92. The summed E-state index contributed by atoms with van der Waals surface area (Å²) in [4.78, 5) is 0. The van der Waals surface area contributed by atoms with E-state index >= 15 is 0 Å². The summed E-state index contributed by atoms with van der Waals surface area (Å²) in [5, 5.41) is 11.7. The molecule has 0 unspecified atom stereocenters. The molecule has 0 aliphatic heterocycles. The van der Waals surface area contributed by atoms with Gasteiger partial charge in [0.15, 0.2) is 5.16 Å². The molecular weight excluding hydrogens is 397 g/mol. The van der Waals surface area contributed by atoms with Crippen LogP contribution in [0.1, 0.15) is 30.1 Å². The van der Waals surface area contributed by atoms with Gasteiger partial charge in [-0.2, -0.15) is 0 Å². The van der Waals surface area contributed by atoms with Crippen LogP contribution in [0.2, 0.25) is 15.1 Å². The zero-order valence-corrected chi connectivity index (χ0v) is 16.2. The van der Waals surface area contributed by atoms with Gasteiger partial charge in [0.05, 0.1) is 5.69 Å². The van der Waals surface area contributed by atoms with Crippen LogP contribution in [-0.4, -0.2) is 14.8 Å². The number of benzene rings is 2. The van der Waals surface area contributed by atoms with E-state index in [9.17, 15) is 0 Å². The van der Waals surface area contributed by atoms with Crippen LogP contribution < -0.4 is 0 Å². The maximum atomic E-state index is 6.28. The Labute approximate surface area is 165 Å². The largest absolute Gasteiger partial charge is 0.274 e. The lowest BCUT2D eigenvalue weighted by Gasteiger charge is -2.11. The number of rotatable bonds is 5. The van der Waals surface area contributed by atoms with Gasteiger partial charge in [-0.25, -0.2) is 0 Å². The number of nitrogens with zero attached hydrogens (tertiary/aromatic N) is 3. The highest BCUT2D eigenvalue weighted by Gasteiger charge is 2.31. The van der Waals surface area contributed by atoms with E-state index < -0.39 is 0 Å². The first-order valence-corrected chi connectivity index (χ1v) is 10.0. The topological polar surface area (TPSA) is 30.7 Å². The SMILES string of the molecule is Clc1cccc(-n2c(SCc3c(Cl)cccc3Cl)nnc2C2CC2)c1. The van der Waals surface area contributed by atoms with Crippen LogP contribution in [0, 0.1) is 0 Å². The lowest BCUT2D eigenvalue weighted by molar-refractivity contribution is 0.829. The number of aromatic nitrogens is 3. The molecule has 3 nitrogen and oxygen atoms in total. The van der Waals surface area contributed by atoms with Crippen molar-refractivity contribution in [2.75, 3.05) is 0 Å². The van der Waals surface area contributed by atoms with E-state index in [0.29, 0.717) is 26.7 Å². The minimum atomic E-state index is 0.477. The molecular formula is C18H14Cl3N3S. The van der Waals surface area contributed by atoms with Crippen LogP contribution >= 0.6 is 46.6 Å². The highest BCUT2D eigenvalue weighted by molar-refractivity contribution is 7.98. The minimum Gasteiger partial charge on any atom is -0.274 e.